The molecule has 188 valence electrons. The molecule has 7 heteroatoms. The van der Waals surface area contributed by atoms with Gasteiger partial charge in [0.25, 0.3) is 5.91 Å². The molecule has 1 atom stereocenters. The number of hydroxylamine groups is 1. The maximum Gasteiger partial charge on any atom is 0.362 e. The third kappa shape index (κ3) is 6.19. The quantitative estimate of drug-likeness (QED) is 0.321. The lowest BCUT2D eigenvalue weighted by Gasteiger charge is -2.24. The van der Waals surface area contributed by atoms with E-state index in [-0.39, 0.29) is 23.9 Å². The van der Waals surface area contributed by atoms with Crippen LogP contribution in [-0.4, -0.2) is 30.6 Å². The van der Waals surface area contributed by atoms with Crippen LogP contribution in [0.3, 0.4) is 0 Å². The van der Waals surface area contributed by atoms with E-state index in [1.807, 2.05) is 24.3 Å². The van der Waals surface area contributed by atoms with E-state index in [0.717, 1.165) is 5.56 Å². The molecular weight excluding hydrogens is 470 g/mol. The van der Waals surface area contributed by atoms with E-state index in [0.29, 0.717) is 47.3 Å². The van der Waals surface area contributed by atoms with Crippen molar-refractivity contribution in [1.29, 1.82) is 0 Å². The van der Waals surface area contributed by atoms with Gasteiger partial charge in [-0.3, -0.25) is 14.4 Å². The number of methoxy groups -OCH3 is 1. The molecule has 37 heavy (non-hydrogen) atoms. The van der Waals surface area contributed by atoms with E-state index in [1.54, 1.807) is 61.7 Å². The van der Waals surface area contributed by atoms with Gasteiger partial charge < -0.3 is 9.57 Å². The number of fused-ring (bicyclic) bond motifs is 1. The predicted molar refractivity (Wildman–Crippen MR) is 137 cm³/mol. The zero-order valence-electron chi connectivity index (χ0n) is 20.4. The molecule has 0 saturated carbocycles. The van der Waals surface area contributed by atoms with Crippen molar-refractivity contribution in [3.8, 4) is 5.75 Å². The van der Waals surface area contributed by atoms with Gasteiger partial charge in [0.05, 0.1) is 12.7 Å². The highest BCUT2D eigenvalue weighted by Crippen LogP contribution is 2.36. The summed E-state index contributed by atoms with van der Waals surface area (Å²) in [5, 5.41) is 0. The summed E-state index contributed by atoms with van der Waals surface area (Å²) in [7, 11) is 1.58. The normalized spacial score (nSPS) is 13.3. The fourth-order valence-corrected chi connectivity index (χ4v) is 4.35. The minimum absolute atomic E-state index is 0.145. The van der Waals surface area contributed by atoms with Crippen molar-refractivity contribution in [1.82, 2.24) is 5.48 Å². The summed E-state index contributed by atoms with van der Waals surface area (Å²) in [5.41, 5.74) is 4.67. The number of benzene rings is 3. The number of amides is 1. The first-order chi connectivity index (χ1) is 18.0. The van der Waals surface area contributed by atoms with Crippen LogP contribution in [0, 0.1) is 0 Å². The molecule has 3 aromatic rings. The second kappa shape index (κ2) is 11.9. The lowest BCUT2D eigenvalue weighted by molar-refractivity contribution is -0.130. The Kier molecular flexibility index (Phi) is 8.26. The van der Waals surface area contributed by atoms with Crippen molar-refractivity contribution >= 4 is 23.4 Å². The lowest BCUT2D eigenvalue weighted by Crippen LogP contribution is -2.26. The highest BCUT2D eigenvalue weighted by Gasteiger charge is 2.30. The van der Waals surface area contributed by atoms with Gasteiger partial charge in [0, 0.05) is 29.0 Å². The predicted octanol–water partition coefficient (Wildman–Crippen LogP) is 5.23. The monoisotopic (exact) mass is 497 g/mol. The van der Waals surface area contributed by atoms with Crippen LogP contribution in [0.5, 0.6) is 5.75 Å². The van der Waals surface area contributed by atoms with Gasteiger partial charge in [0.15, 0.2) is 11.6 Å². The Morgan fingerprint density at radius 2 is 1.51 bits per heavy atom. The van der Waals surface area contributed by atoms with E-state index in [9.17, 15) is 19.2 Å². The number of ketones is 2. The van der Waals surface area contributed by atoms with E-state index in [2.05, 4.69) is 5.48 Å². The molecule has 7 nitrogen and oxygen atoms in total. The van der Waals surface area contributed by atoms with Crippen LogP contribution in [0.15, 0.2) is 90.5 Å². The molecule has 0 aromatic heterocycles. The third-order valence-electron chi connectivity index (χ3n) is 6.29. The Balaban J connectivity index is 1.40. The second-order valence-electron chi connectivity index (χ2n) is 8.69. The average Bonchev–Trinajstić information content (AvgIpc) is 2.94. The van der Waals surface area contributed by atoms with Gasteiger partial charge in [-0.2, -0.15) is 5.48 Å². The lowest BCUT2D eigenvalue weighted by atomic mass is 9.78. The van der Waals surface area contributed by atoms with E-state index in [1.165, 1.54) is 6.08 Å². The van der Waals surface area contributed by atoms with Crippen molar-refractivity contribution in [2.75, 3.05) is 7.11 Å². The van der Waals surface area contributed by atoms with E-state index >= 15 is 0 Å². The van der Waals surface area contributed by atoms with Gasteiger partial charge in [-0.15, -0.1) is 0 Å². The Bertz CT molecular complexity index is 1330. The van der Waals surface area contributed by atoms with Crippen molar-refractivity contribution in [3.63, 3.8) is 0 Å². The fraction of sp³-hybridized carbons (Fsp3) is 0.200. The van der Waals surface area contributed by atoms with Crippen molar-refractivity contribution in [3.05, 3.63) is 113 Å². The number of hydrogen-bond acceptors (Lipinski definition) is 6. The van der Waals surface area contributed by atoms with E-state index in [4.69, 9.17) is 9.57 Å². The second-order valence-corrected chi connectivity index (χ2v) is 8.69. The molecule has 0 bridgehead atoms. The van der Waals surface area contributed by atoms with Crippen LogP contribution < -0.4 is 10.2 Å². The number of carbonyl (C=O) groups excluding carboxylic acids is 4. The number of Topliss-reactive ketones (excluding diaryl/α,β-unsaturated/α-hetero) is 1. The van der Waals surface area contributed by atoms with Crippen LogP contribution in [0.2, 0.25) is 0 Å². The highest BCUT2D eigenvalue weighted by atomic mass is 16.7. The average molecular weight is 498 g/mol. The number of rotatable bonds is 9. The number of allylic oxidation sites excluding steroid dienone is 2. The SMILES string of the molecule is COc1ccc(C(CCCCC(=O)NOC(=O)c2ccccc2)C2=CC(=O)c3ccccc3C2=O)cc1. The molecule has 0 spiro atoms. The Hall–Kier alpha value is -4.52. The number of nitrogens with one attached hydrogen (secondary N) is 1. The molecule has 0 aliphatic heterocycles. The molecule has 1 unspecified atom stereocenters. The van der Waals surface area contributed by atoms with Crippen molar-refractivity contribution in [2.24, 2.45) is 0 Å². The Labute approximate surface area is 215 Å². The summed E-state index contributed by atoms with van der Waals surface area (Å²) in [6.45, 7) is 0. The topological polar surface area (TPSA) is 98.8 Å². The fourth-order valence-electron chi connectivity index (χ4n) is 4.35. The van der Waals surface area contributed by atoms with Crippen LogP contribution in [0.4, 0.5) is 0 Å². The first kappa shape index (κ1) is 25.6. The molecule has 1 aliphatic carbocycles. The molecule has 4 rings (SSSR count). The third-order valence-corrected chi connectivity index (χ3v) is 6.29. The largest absolute Gasteiger partial charge is 0.497 e. The van der Waals surface area contributed by atoms with Crippen LogP contribution in [0.1, 0.15) is 68.2 Å². The van der Waals surface area contributed by atoms with Crippen LogP contribution in [-0.2, 0) is 9.63 Å². The Morgan fingerprint density at radius 1 is 0.838 bits per heavy atom. The Morgan fingerprint density at radius 3 is 2.22 bits per heavy atom. The number of ether oxygens (including phenoxy) is 1. The van der Waals surface area contributed by atoms with Crippen molar-refractivity contribution in [2.45, 2.75) is 31.6 Å². The molecule has 0 saturated heterocycles. The van der Waals surface area contributed by atoms with Gasteiger partial charge in [-0.05, 0) is 48.7 Å². The molecule has 1 aliphatic rings. The first-order valence-corrected chi connectivity index (χ1v) is 12.1. The number of unbranched alkanes of at least 4 members (excludes halogenated alkanes) is 1. The summed E-state index contributed by atoms with van der Waals surface area (Å²) in [4.78, 5) is 55.2. The summed E-state index contributed by atoms with van der Waals surface area (Å²) in [5.74, 6) is -1.04. The molecular formula is C30H27NO6. The molecule has 1 N–H and O–H groups in total. The van der Waals surface area contributed by atoms with E-state index < -0.39 is 11.9 Å². The summed E-state index contributed by atoms with van der Waals surface area (Å²) < 4.78 is 5.26. The van der Waals surface area contributed by atoms with Crippen molar-refractivity contribution < 1.29 is 28.8 Å². The molecule has 1 amide bonds. The zero-order chi connectivity index (χ0) is 26.2. The number of carbonyl (C=O) groups is 4. The van der Waals surface area contributed by atoms with Gasteiger partial charge in [-0.1, -0.05) is 61.0 Å². The highest BCUT2D eigenvalue weighted by molar-refractivity contribution is 6.25. The molecule has 0 fully saturated rings. The standard InChI is InChI=1S/C30H27NO6/c1-36-22-17-15-20(16-18-22)23(26-19-27(32)24-12-5-6-13-25(24)29(26)34)11-7-8-14-28(33)31-37-30(35)21-9-3-2-4-10-21/h2-6,9-10,12-13,15-19,23H,7-8,11,14H2,1H3,(H,31,33). The zero-order valence-corrected chi connectivity index (χ0v) is 20.4. The maximum absolute atomic E-state index is 13.3. The minimum Gasteiger partial charge on any atom is -0.497 e. The van der Waals surface area contributed by atoms with Gasteiger partial charge in [0.2, 0.25) is 0 Å². The first-order valence-electron chi connectivity index (χ1n) is 12.1. The molecule has 0 radical (unpaired) electrons. The van der Waals surface area contributed by atoms with Gasteiger partial charge >= 0.3 is 5.97 Å². The minimum atomic E-state index is -0.638. The smallest absolute Gasteiger partial charge is 0.362 e. The van der Waals surface area contributed by atoms with Crippen LogP contribution >= 0.6 is 0 Å². The summed E-state index contributed by atoms with van der Waals surface area (Å²) in [6.07, 6.45) is 3.25. The maximum atomic E-state index is 13.3. The van der Waals surface area contributed by atoms with Gasteiger partial charge in [0.1, 0.15) is 5.75 Å². The summed E-state index contributed by atoms with van der Waals surface area (Å²) >= 11 is 0. The van der Waals surface area contributed by atoms with Gasteiger partial charge in [-0.25, -0.2) is 4.79 Å². The molecule has 0 heterocycles. The number of hydrogen-bond donors (Lipinski definition) is 1. The van der Waals surface area contributed by atoms with Crippen LogP contribution in [0.25, 0.3) is 0 Å². The summed E-state index contributed by atoms with van der Waals surface area (Å²) in [6, 6.07) is 22.6. The molecule has 3 aromatic carbocycles.